The van der Waals surface area contributed by atoms with E-state index in [0.29, 0.717) is 0 Å². The number of anilines is 1. The summed E-state index contributed by atoms with van der Waals surface area (Å²) in [4.78, 5) is 2.14. The second kappa shape index (κ2) is 5.56. The number of benzene rings is 2. The normalized spacial score (nSPS) is 10.3. The van der Waals surface area contributed by atoms with Crippen LogP contribution in [0.3, 0.4) is 0 Å². The molecule has 0 aromatic heterocycles. The Morgan fingerprint density at radius 2 is 1.82 bits per heavy atom. The van der Waals surface area contributed by atoms with E-state index in [1.807, 2.05) is 43.4 Å². The molecular formula is C14H13BrClN. The van der Waals surface area contributed by atoms with E-state index in [2.05, 4.69) is 33.0 Å². The van der Waals surface area contributed by atoms with Crippen LogP contribution < -0.4 is 4.90 Å². The van der Waals surface area contributed by atoms with Gasteiger partial charge in [0.25, 0.3) is 0 Å². The van der Waals surface area contributed by atoms with Gasteiger partial charge in [0.2, 0.25) is 0 Å². The zero-order valence-electron chi connectivity index (χ0n) is 9.53. The number of hydrogen-bond donors (Lipinski definition) is 0. The fourth-order valence-electron chi connectivity index (χ4n) is 1.73. The van der Waals surface area contributed by atoms with E-state index in [1.54, 1.807) is 0 Å². The van der Waals surface area contributed by atoms with Gasteiger partial charge in [-0.25, -0.2) is 0 Å². The van der Waals surface area contributed by atoms with Crippen molar-refractivity contribution < 1.29 is 0 Å². The van der Waals surface area contributed by atoms with Crippen molar-refractivity contribution in [2.24, 2.45) is 0 Å². The summed E-state index contributed by atoms with van der Waals surface area (Å²) in [5, 5.41) is 0.762. The van der Waals surface area contributed by atoms with Gasteiger partial charge in [-0.2, -0.15) is 0 Å². The predicted octanol–water partition coefficient (Wildman–Crippen LogP) is 4.74. The Kier molecular flexibility index (Phi) is 4.08. The minimum Gasteiger partial charge on any atom is -0.369 e. The standard InChI is InChI=1S/C14H13BrClN/c1-17(10-11-5-3-2-4-6-11)14-8-7-12(15)9-13(14)16/h2-9H,10H2,1H3. The molecule has 0 aliphatic rings. The smallest absolute Gasteiger partial charge is 0.0650 e. The maximum absolute atomic E-state index is 6.22. The van der Waals surface area contributed by atoms with E-state index in [-0.39, 0.29) is 0 Å². The van der Waals surface area contributed by atoms with Crippen LogP contribution in [0.1, 0.15) is 5.56 Å². The van der Waals surface area contributed by atoms with Gasteiger partial charge in [0.1, 0.15) is 0 Å². The first-order chi connectivity index (χ1) is 8.16. The molecule has 1 nitrogen and oxygen atoms in total. The van der Waals surface area contributed by atoms with Crippen molar-refractivity contribution in [2.75, 3.05) is 11.9 Å². The fraction of sp³-hybridized carbons (Fsp3) is 0.143. The monoisotopic (exact) mass is 309 g/mol. The molecule has 2 rings (SSSR count). The molecule has 2 aromatic carbocycles. The van der Waals surface area contributed by atoms with Gasteiger partial charge >= 0.3 is 0 Å². The third-order valence-electron chi connectivity index (χ3n) is 2.58. The van der Waals surface area contributed by atoms with Gasteiger partial charge in [0.15, 0.2) is 0 Å². The van der Waals surface area contributed by atoms with Gasteiger partial charge in [-0.15, -0.1) is 0 Å². The number of rotatable bonds is 3. The van der Waals surface area contributed by atoms with Crippen molar-refractivity contribution in [3.63, 3.8) is 0 Å². The van der Waals surface area contributed by atoms with Gasteiger partial charge < -0.3 is 4.90 Å². The van der Waals surface area contributed by atoms with Gasteiger partial charge in [-0.3, -0.25) is 0 Å². The van der Waals surface area contributed by atoms with E-state index < -0.39 is 0 Å². The van der Waals surface area contributed by atoms with E-state index in [1.165, 1.54) is 5.56 Å². The highest BCUT2D eigenvalue weighted by Gasteiger charge is 2.06. The molecule has 0 aliphatic heterocycles. The maximum atomic E-state index is 6.22. The number of hydrogen-bond acceptors (Lipinski definition) is 1. The Hall–Kier alpha value is -0.990. The van der Waals surface area contributed by atoms with Crippen LogP contribution in [0.4, 0.5) is 5.69 Å². The molecule has 0 saturated heterocycles. The summed E-state index contributed by atoms with van der Waals surface area (Å²) in [7, 11) is 2.04. The van der Waals surface area contributed by atoms with Crippen LogP contribution in [0.2, 0.25) is 5.02 Å². The Morgan fingerprint density at radius 1 is 1.12 bits per heavy atom. The van der Waals surface area contributed by atoms with Crippen molar-refractivity contribution >= 4 is 33.2 Å². The van der Waals surface area contributed by atoms with Crippen LogP contribution in [-0.2, 0) is 6.54 Å². The third kappa shape index (κ3) is 3.24. The van der Waals surface area contributed by atoms with E-state index in [0.717, 1.165) is 21.7 Å². The van der Waals surface area contributed by atoms with Gasteiger partial charge in [-0.05, 0) is 23.8 Å². The molecule has 0 amide bonds. The molecule has 0 aliphatic carbocycles. The Morgan fingerprint density at radius 3 is 2.47 bits per heavy atom. The molecule has 0 bridgehead atoms. The molecule has 0 saturated carbocycles. The highest BCUT2D eigenvalue weighted by atomic mass is 79.9. The summed E-state index contributed by atoms with van der Waals surface area (Å²) in [5.74, 6) is 0. The fourth-order valence-corrected chi connectivity index (χ4v) is 2.55. The lowest BCUT2D eigenvalue weighted by Crippen LogP contribution is -2.16. The lowest BCUT2D eigenvalue weighted by molar-refractivity contribution is 0.923. The van der Waals surface area contributed by atoms with Crippen LogP contribution >= 0.6 is 27.5 Å². The second-order valence-corrected chi connectivity index (χ2v) is 5.26. The summed E-state index contributed by atoms with van der Waals surface area (Å²) in [6, 6.07) is 16.3. The van der Waals surface area contributed by atoms with Crippen molar-refractivity contribution in [3.8, 4) is 0 Å². The Labute approximate surface area is 115 Å². The minimum atomic E-state index is 0.762. The summed E-state index contributed by atoms with van der Waals surface area (Å²) in [6.07, 6.45) is 0. The molecule has 0 unspecified atom stereocenters. The Bertz CT molecular complexity index is 499. The van der Waals surface area contributed by atoms with Crippen molar-refractivity contribution in [1.29, 1.82) is 0 Å². The van der Waals surface area contributed by atoms with Crippen LogP contribution in [-0.4, -0.2) is 7.05 Å². The van der Waals surface area contributed by atoms with Crippen LogP contribution in [0.5, 0.6) is 0 Å². The Balaban J connectivity index is 2.17. The maximum Gasteiger partial charge on any atom is 0.0650 e. The van der Waals surface area contributed by atoms with Gasteiger partial charge in [-0.1, -0.05) is 57.9 Å². The van der Waals surface area contributed by atoms with Crippen LogP contribution in [0.25, 0.3) is 0 Å². The molecule has 88 valence electrons. The molecule has 17 heavy (non-hydrogen) atoms. The highest BCUT2D eigenvalue weighted by Crippen LogP contribution is 2.28. The molecule has 0 radical (unpaired) electrons. The minimum absolute atomic E-state index is 0.762. The van der Waals surface area contributed by atoms with Crippen LogP contribution in [0, 0.1) is 0 Å². The van der Waals surface area contributed by atoms with E-state index >= 15 is 0 Å². The molecule has 2 aromatic rings. The van der Waals surface area contributed by atoms with E-state index in [9.17, 15) is 0 Å². The van der Waals surface area contributed by atoms with Gasteiger partial charge in [0, 0.05) is 18.1 Å². The quantitative estimate of drug-likeness (QED) is 0.791. The lowest BCUT2D eigenvalue weighted by atomic mass is 10.2. The first-order valence-corrected chi connectivity index (χ1v) is 6.54. The SMILES string of the molecule is CN(Cc1ccccc1)c1ccc(Br)cc1Cl. The predicted molar refractivity (Wildman–Crippen MR) is 77.7 cm³/mol. The van der Waals surface area contributed by atoms with E-state index in [4.69, 9.17) is 11.6 Å². The average Bonchev–Trinajstić information content (AvgIpc) is 2.30. The van der Waals surface area contributed by atoms with Crippen molar-refractivity contribution in [1.82, 2.24) is 0 Å². The zero-order valence-corrected chi connectivity index (χ0v) is 11.9. The molecule has 0 atom stereocenters. The number of nitrogens with zero attached hydrogens (tertiary/aromatic N) is 1. The molecule has 0 fully saturated rings. The van der Waals surface area contributed by atoms with Gasteiger partial charge in [0.05, 0.1) is 10.7 Å². The van der Waals surface area contributed by atoms with Crippen molar-refractivity contribution in [2.45, 2.75) is 6.54 Å². The van der Waals surface area contributed by atoms with Crippen LogP contribution in [0.15, 0.2) is 53.0 Å². The largest absolute Gasteiger partial charge is 0.369 e. The highest BCUT2D eigenvalue weighted by molar-refractivity contribution is 9.10. The summed E-state index contributed by atoms with van der Waals surface area (Å²) in [5.41, 5.74) is 2.31. The first-order valence-electron chi connectivity index (χ1n) is 5.37. The molecule has 3 heteroatoms. The third-order valence-corrected chi connectivity index (χ3v) is 3.38. The molecule has 0 spiro atoms. The topological polar surface area (TPSA) is 3.24 Å². The summed E-state index contributed by atoms with van der Waals surface area (Å²) in [6.45, 7) is 0.849. The molecular weight excluding hydrogens is 298 g/mol. The zero-order chi connectivity index (χ0) is 12.3. The molecule has 0 N–H and O–H groups in total. The first kappa shape index (κ1) is 12.5. The summed E-state index contributed by atoms with van der Waals surface area (Å²) >= 11 is 9.63. The molecule has 0 heterocycles. The van der Waals surface area contributed by atoms with Crippen molar-refractivity contribution in [3.05, 3.63) is 63.6 Å². The lowest BCUT2D eigenvalue weighted by Gasteiger charge is -2.20. The summed E-state index contributed by atoms with van der Waals surface area (Å²) < 4.78 is 0.999. The second-order valence-electron chi connectivity index (χ2n) is 3.94. The number of halogens is 2. The average molecular weight is 311 g/mol.